The van der Waals surface area contributed by atoms with Gasteiger partial charge in [0.1, 0.15) is 16.6 Å². The minimum absolute atomic E-state index is 0.116. The number of phenols is 1. The molecular formula is C12H11N3O5S. The quantitative estimate of drug-likeness (QED) is 0.629. The lowest BCUT2D eigenvalue weighted by Gasteiger charge is -2.09. The number of nitrogens with one attached hydrogen (secondary N) is 1. The number of aromatic carboxylic acids is 1. The third kappa shape index (κ3) is 3.51. The summed E-state index contributed by atoms with van der Waals surface area (Å²) in [5.74, 6) is -2.66. The first-order chi connectivity index (χ1) is 9.86. The molecule has 1 aromatic carbocycles. The van der Waals surface area contributed by atoms with Crippen molar-refractivity contribution < 1.29 is 24.6 Å². The fourth-order valence-electron chi connectivity index (χ4n) is 1.70. The number of benzene rings is 1. The van der Waals surface area contributed by atoms with E-state index in [1.54, 1.807) is 0 Å². The van der Waals surface area contributed by atoms with E-state index in [1.807, 2.05) is 0 Å². The highest BCUT2D eigenvalue weighted by Crippen LogP contribution is 2.25. The molecule has 1 aromatic rings. The average molecular weight is 309 g/mol. The van der Waals surface area contributed by atoms with Crippen molar-refractivity contribution in [1.82, 2.24) is 0 Å². The number of anilines is 1. The van der Waals surface area contributed by atoms with Gasteiger partial charge in [-0.1, -0.05) is 11.8 Å². The van der Waals surface area contributed by atoms with Gasteiger partial charge in [-0.25, -0.2) is 4.79 Å². The summed E-state index contributed by atoms with van der Waals surface area (Å²) in [4.78, 5) is 37.4. The Kier molecular flexibility index (Phi) is 4.13. The van der Waals surface area contributed by atoms with Gasteiger partial charge in [0, 0.05) is 18.2 Å². The lowest BCUT2D eigenvalue weighted by atomic mass is 10.1. The lowest BCUT2D eigenvalue weighted by molar-refractivity contribution is -0.121. The van der Waals surface area contributed by atoms with Crippen LogP contribution in [0.1, 0.15) is 16.8 Å². The third-order valence-electron chi connectivity index (χ3n) is 2.64. The maximum Gasteiger partial charge on any atom is 0.339 e. The second-order valence-electron chi connectivity index (χ2n) is 4.18. The number of aromatic hydroxyl groups is 1. The first-order valence-electron chi connectivity index (χ1n) is 5.77. The number of hydrogen-bond acceptors (Lipinski definition) is 6. The minimum Gasteiger partial charge on any atom is -0.507 e. The van der Waals surface area contributed by atoms with Crippen molar-refractivity contribution in [3.8, 4) is 5.75 Å². The fourth-order valence-corrected chi connectivity index (χ4v) is 2.53. The Morgan fingerprint density at radius 1 is 1.43 bits per heavy atom. The number of carbonyl (C=O) groups excluding carboxylic acids is 2. The molecule has 9 heteroatoms. The van der Waals surface area contributed by atoms with Crippen molar-refractivity contribution in [2.75, 3.05) is 5.32 Å². The average Bonchev–Trinajstić information content (AvgIpc) is 2.67. The molecule has 1 aliphatic rings. The van der Waals surface area contributed by atoms with Gasteiger partial charge in [-0.05, 0) is 12.1 Å². The van der Waals surface area contributed by atoms with Crippen molar-refractivity contribution in [2.45, 2.75) is 11.7 Å². The molecule has 0 aromatic heterocycles. The molecule has 0 saturated heterocycles. The highest BCUT2D eigenvalue weighted by molar-refractivity contribution is 8.15. The van der Waals surface area contributed by atoms with Crippen molar-refractivity contribution in [3.63, 3.8) is 0 Å². The third-order valence-corrected chi connectivity index (χ3v) is 3.63. The highest BCUT2D eigenvalue weighted by atomic mass is 32.2. The van der Waals surface area contributed by atoms with Crippen LogP contribution in [0, 0.1) is 0 Å². The van der Waals surface area contributed by atoms with E-state index < -0.39 is 28.8 Å². The van der Waals surface area contributed by atoms with E-state index in [9.17, 15) is 19.5 Å². The van der Waals surface area contributed by atoms with Gasteiger partial charge in [-0.2, -0.15) is 4.99 Å². The Morgan fingerprint density at radius 2 is 2.14 bits per heavy atom. The summed E-state index contributed by atoms with van der Waals surface area (Å²) in [7, 11) is 0. The molecule has 1 aliphatic heterocycles. The van der Waals surface area contributed by atoms with Crippen LogP contribution < -0.4 is 11.1 Å². The first kappa shape index (κ1) is 14.9. The molecule has 0 spiro atoms. The number of hydrogen-bond donors (Lipinski definition) is 4. The van der Waals surface area contributed by atoms with Crippen molar-refractivity contribution in [2.24, 2.45) is 10.7 Å². The number of nitrogens with two attached hydrogens (primary N) is 1. The van der Waals surface area contributed by atoms with Gasteiger partial charge in [0.25, 0.3) is 5.91 Å². The number of amidine groups is 1. The summed E-state index contributed by atoms with van der Waals surface area (Å²) in [6, 6.07) is 3.63. The molecule has 0 radical (unpaired) electrons. The van der Waals surface area contributed by atoms with Crippen LogP contribution in [0.2, 0.25) is 0 Å². The van der Waals surface area contributed by atoms with Crippen LogP contribution in [0.25, 0.3) is 0 Å². The van der Waals surface area contributed by atoms with Crippen molar-refractivity contribution in [1.29, 1.82) is 0 Å². The predicted molar refractivity (Wildman–Crippen MR) is 76.3 cm³/mol. The molecule has 0 saturated carbocycles. The normalized spacial score (nSPS) is 17.4. The van der Waals surface area contributed by atoms with E-state index in [1.165, 1.54) is 12.1 Å². The summed E-state index contributed by atoms with van der Waals surface area (Å²) in [6.45, 7) is 0. The van der Waals surface area contributed by atoms with Gasteiger partial charge < -0.3 is 21.3 Å². The van der Waals surface area contributed by atoms with Gasteiger partial charge in [-0.3, -0.25) is 9.59 Å². The number of thioether (sulfide) groups is 1. The summed E-state index contributed by atoms with van der Waals surface area (Å²) >= 11 is 1.01. The molecule has 21 heavy (non-hydrogen) atoms. The Balaban J connectivity index is 1.99. The monoisotopic (exact) mass is 309 g/mol. The van der Waals surface area contributed by atoms with Gasteiger partial charge >= 0.3 is 5.97 Å². The van der Waals surface area contributed by atoms with Crippen LogP contribution in [0.3, 0.4) is 0 Å². The molecule has 1 atom stereocenters. The Hall–Kier alpha value is -2.55. The van der Waals surface area contributed by atoms with Crippen LogP contribution >= 0.6 is 11.8 Å². The number of carboxylic acid groups (broad SMARTS) is 1. The van der Waals surface area contributed by atoms with Gasteiger partial charge in [0.05, 0.1) is 0 Å². The molecule has 5 N–H and O–H groups in total. The second kappa shape index (κ2) is 5.83. The predicted octanol–water partition coefficient (Wildman–Crippen LogP) is 0.376. The van der Waals surface area contributed by atoms with E-state index in [0.717, 1.165) is 17.8 Å². The largest absolute Gasteiger partial charge is 0.507 e. The Morgan fingerprint density at radius 3 is 2.67 bits per heavy atom. The zero-order valence-corrected chi connectivity index (χ0v) is 11.4. The summed E-state index contributed by atoms with van der Waals surface area (Å²) in [5, 5.41) is 20.2. The number of nitrogens with zero attached hydrogens (tertiary/aromatic N) is 1. The van der Waals surface area contributed by atoms with E-state index in [0.29, 0.717) is 0 Å². The first-order valence-corrected chi connectivity index (χ1v) is 6.65. The van der Waals surface area contributed by atoms with E-state index in [4.69, 9.17) is 10.8 Å². The molecule has 2 rings (SSSR count). The maximum absolute atomic E-state index is 11.8. The summed E-state index contributed by atoms with van der Waals surface area (Å²) < 4.78 is 0. The molecule has 110 valence electrons. The number of carbonyl (C=O) groups is 3. The zero-order valence-electron chi connectivity index (χ0n) is 10.6. The maximum atomic E-state index is 11.8. The molecule has 1 heterocycles. The Bertz CT molecular complexity index is 658. The van der Waals surface area contributed by atoms with E-state index >= 15 is 0 Å². The van der Waals surface area contributed by atoms with Gasteiger partial charge in [0.15, 0.2) is 5.17 Å². The van der Waals surface area contributed by atoms with Crippen molar-refractivity contribution in [3.05, 3.63) is 23.8 Å². The van der Waals surface area contributed by atoms with Crippen molar-refractivity contribution >= 4 is 40.4 Å². The smallest absolute Gasteiger partial charge is 0.339 e. The fraction of sp³-hybridized carbons (Fsp3) is 0.167. The number of amides is 2. The van der Waals surface area contributed by atoms with Crippen LogP contribution in [-0.4, -0.2) is 38.4 Å². The van der Waals surface area contributed by atoms with Crippen LogP contribution in [-0.2, 0) is 9.59 Å². The van der Waals surface area contributed by atoms with Gasteiger partial charge in [0.2, 0.25) is 5.91 Å². The minimum atomic E-state index is -1.27. The molecule has 0 aliphatic carbocycles. The van der Waals surface area contributed by atoms with Gasteiger partial charge in [-0.15, -0.1) is 0 Å². The molecule has 8 nitrogen and oxygen atoms in total. The van der Waals surface area contributed by atoms with Crippen LogP contribution in [0.15, 0.2) is 23.2 Å². The molecule has 0 bridgehead atoms. The summed E-state index contributed by atoms with van der Waals surface area (Å²) in [5.41, 5.74) is 5.34. The lowest BCUT2D eigenvalue weighted by Crippen LogP contribution is -2.21. The Labute approximate surface area is 123 Å². The molecule has 2 amide bonds. The number of aliphatic imine (C=N–C) groups is 1. The van der Waals surface area contributed by atoms with Crippen LogP contribution in [0.5, 0.6) is 5.75 Å². The molecule has 1 unspecified atom stereocenters. The molecule has 0 fully saturated rings. The number of carboxylic acids is 1. The second-order valence-corrected chi connectivity index (χ2v) is 5.41. The SMILES string of the molecule is NC1=NC(=O)C(CC(=O)Nc2ccc(C(=O)O)c(O)c2)S1. The highest BCUT2D eigenvalue weighted by Gasteiger charge is 2.29. The molecular weight excluding hydrogens is 298 g/mol. The standard InChI is InChI=1S/C12H11N3O5S/c13-12-15-10(18)8(21-12)4-9(17)14-5-1-2-6(11(19)20)7(16)3-5/h1-3,8,16H,4H2,(H,14,17)(H,19,20)(H2,13,15,18). The van der Waals surface area contributed by atoms with E-state index in [-0.39, 0.29) is 22.8 Å². The number of rotatable bonds is 4. The van der Waals surface area contributed by atoms with E-state index in [2.05, 4.69) is 10.3 Å². The zero-order chi connectivity index (χ0) is 15.6. The summed E-state index contributed by atoms with van der Waals surface area (Å²) in [6.07, 6.45) is -0.116. The topological polar surface area (TPSA) is 142 Å². The van der Waals surface area contributed by atoms with Crippen LogP contribution in [0.4, 0.5) is 5.69 Å².